The minimum absolute atomic E-state index is 0.0705. The number of primary amides is 1. The number of halogens is 1. The van der Waals surface area contributed by atoms with Gasteiger partial charge in [-0.25, -0.2) is 0 Å². The predicted octanol–water partition coefficient (Wildman–Crippen LogP) is 1.38. The van der Waals surface area contributed by atoms with Gasteiger partial charge in [0.15, 0.2) is 0 Å². The van der Waals surface area contributed by atoms with Crippen LogP contribution < -0.4 is 5.73 Å². The molecule has 0 aliphatic carbocycles. The first-order valence-corrected chi connectivity index (χ1v) is 6.85. The van der Waals surface area contributed by atoms with E-state index in [0.29, 0.717) is 0 Å². The smallest absolute Gasteiger partial charge is 0.220 e. The fourth-order valence-corrected chi connectivity index (χ4v) is 2.45. The van der Waals surface area contributed by atoms with E-state index in [1.807, 2.05) is 12.3 Å². The van der Waals surface area contributed by atoms with Crippen LogP contribution in [0.3, 0.4) is 0 Å². The summed E-state index contributed by atoms with van der Waals surface area (Å²) in [7, 11) is 0. The monoisotopic (exact) mass is 345 g/mol. The molecular weight excluding hydrogens is 329 g/mol. The fraction of sp³-hybridized carbons (Fsp3) is 0.500. The minimum Gasteiger partial charge on any atom is -0.369 e. The number of hydrogen-bond donors (Lipinski definition) is 1. The molecule has 1 aromatic rings. The van der Waals surface area contributed by atoms with Crippen molar-refractivity contribution < 1.29 is 4.79 Å². The van der Waals surface area contributed by atoms with Crippen LogP contribution in [-0.2, 0) is 11.3 Å². The Morgan fingerprint density at radius 2 is 2.18 bits per heavy atom. The number of amides is 1. The van der Waals surface area contributed by atoms with E-state index in [4.69, 9.17) is 5.73 Å². The summed E-state index contributed by atoms with van der Waals surface area (Å²) in [5.41, 5.74) is 6.54. The van der Waals surface area contributed by atoms with E-state index in [-0.39, 0.29) is 11.8 Å². The number of carbonyl (C=O) groups is 1. The third-order valence-corrected chi connectivity index (χ3v) is 3.82. The molecule has 0 unspecified atom stereocenters. The number of piperidine rings is 1. The van der Waals surface area contributed by atoms with Gasteiger partial charge < -0.3 is 5.73 Å². The largest absolute Gasteiger partial charge is 0.369 e. The van der Waals surface area contributed by atoms with Crippen molar-refractivity contribution in [1.82, 2.24) is 9.88 Å². The van der Waals surface area contributed by atoms with E-state index < -0.39 is 0 Å². The molecule has 0 bridgehead atoms. The summed E-state index contributed by atoms with van der Waals surface area (Å²) in [6.45, 7) is 2.80. The highest BCUT2D eigenvalue weighted by Crippen LogP contribution is 2.18. The summed E-state index contributed by atoms with van der Waals surface area (Å²) in [4.78, 5) is 17.7. The average molecular weight is 345 g/mol. The van der Waals surface area contributed by atoms with Crippen LogP contribution in [0.5, 0.6) is 0 Å². The van der Waals surface area contributed by atoms with E-state index in [2.05, 4.69) is 38.5 Å². The van der Waals surface area contributed by atoms with Crippen LogP contribution in [0.25, 0.3) is 0 Å². The quantitative estimate of drug-likeness (QED) is 0.665. The molecule has 17 heavy (non-hydrogen) atoms. The van der Waals surface area contributed by atoms with E-state index in [1.165, 1.54) is 5.56 Å². The summed E-state index contributed by atoms with van der Waals surface area (Å²) >= 11 is 2.20. The topological polar surface area (TPSA) is 59.2 Å². The molecule has 0 saturated carbocycles. The number of hydrogen-bond acceptors (Lipinski definition) is 3. The number of aromatic nitrogens is 1. The molecule has 2 heterocycles. The molecule has 1 fully saturated rings. The molecule has 4 nitrogen and oxygen atoms in total. The number of nitrogens with two attached hydrogens (primary N) is 1. The zero-order chi connectivity index (χ0) is 12.3. The van der Waals surface area contributed by atoms with Crippen LogP contribution in [0, 0.1) is 9.62 Å². The lowest BCUT2D eigenvalue weighted by atomic mass is 9.96. The molecule has 2 N–H and O–H groups in total. The van der Waals surface area contributed by atoms with Crippen molar-refractivity contribution in [3.63, 3.8) is 0 Å². The van der Waals surface area contributed by atoms with Gasteiger partial charge in [0.25, 0.3) is 0 Å². The van der Waals surface area contributed by atoms with Crippen LogP contribution in [0.1, 0.15) is 18.4 Å². The summed E-state index contributed by atoms with van der Waals surface area (Å²) in [6, 6.07) is 4.13. The normalized spacial score (nSPS) is 18.2. The van der Waals surface area contributed by atoms with Gasteiger partial charge in [-0.15, -0.1) is 0 Å². The first-order chi connectivity index (χ1) is 8.15. The van der Waals surface area contributed by atoms with Crippen LogP contribution in [0.15, 0.2) is 18.3 Å². The van der Waals surface area contributed by atoms with Gasteiger partial charge in [-0.1, -0.05) is 6.07 Å². The van der Waals surface area contributed by atoms with Gasteiger partial charge in [0.1, 0.15) is 3.70 Å². The van der Waals surface area contributed by atoms with Crippen molar-refractivity contribution in [1.29, 1.82) is 0 Å². The minimum atomic E-state index is -0.152. The standard InChI is InChI=1S/C12H16IN3O/c13-11-2-1-9(7-15-11)8-16-5-3-10(4-6-16)12(14)17/h1-2,7,10H,3-6,8H2,(H2,14,17). The van der Waals surface area contributed by atoms with Gasteiger partial charge in [-0.3, -0.25) is 14.7 Å². The van der Waals surface area contributed by atoms with Crippen molar-refractivity contribution in [3.8, 4) is 0 Å². The van der Waals surface area contributed by atoms with E-state index >= 15 is 0 Å². The number of nitrogens with zero attached hydrogens (tertiary/aromatic N) is 2. The van der Waals surface area contributed by atoms with Crippen LogP contribution in [0.2, 0.25) is 0 Å². The Hall–Kier alpha value is -0.690. The Balaban J connectivity index is 1.85. The van der Waals surface area contributed by atoms with Gasteiger partial charge in [0.2, 0.25) is 5.91 Å². The van der Waals surface area contributed by atoms with E-state index in [1.54, 1.807) is 0 Å². The van der Waals surface area contributed by atoms with Gasteiger partial charge in [0.05, 0.1) is 0 Å². The Labute approximate surface area is 115 Å². The molecule has 0 atom stereocenters. The number of likely N-dealkylation sites (tertiary alicyclic amines) is 1. The molecule has 0 aromatic carbocycles. The van der Waals surface area contributed by atoms with E-state index in [9.17, 15) is 4.79 Å². The van der Waals surface area contributed by atoms with Gasteiger partial charge >= 0.3 is 0 Å². The lowest BCUT2D eigenvalue weighted by Crippen LogP contribution is -2.38. The predicted molar refractivity (Wildman–Crippen MR) is 74.1 cm³/mol. The molecule has 5 heteroatoms. The number of carbonyl (C=O) groups excluding carboxylic acids is 1. The molecule has 1 saturated heterocycles. The number of rotatable bonds is 3. The Kier molecular flexibility index (Phi) is 4.33. The second kappa shape index (κ2) is 5.77. The first kappa shape index (κ1) is 12.8. The number of pyridine rings is 1. The van der Waals surface area contributed by atoms with Crippen LogP contribution in [-0.4, -0.2) is 28.9 Å². The van der Waals surface area contributed by atoms with Gasteiger partial charge in [-0.05, 0) is 60.2 Å². The maximum absolute atomic E-state index is 11.0. The zero-order valence-corrected chi connectivity index (χ0v) is 11.8. The van der Waals surface area contributed by atoms with Crippen molar-refractivity contribution in [2.45, 2.75) is 19.4 Å². The molecular formula is C12H16IN3O. The molecule has 1 aliphatic rings. The van der Waals surface area contributed by atoms with Crippen molar-refractivity contribution >= 4 is 28.5 Å². The molecule has 1 aliphatic heterocycles. The Morgan fingerprint density at radius 3 is 2.71 bits per heavy atom. The first-order valence-electron chi connectivity index (χ1n) is 5.77. The molecule has 0 spiro atoms. The lowest BCUT2D eigenvalue weighted by molar-refractivity contribution is -0.123. The highest BCUT2D eigenvalue weighted by atomic mass is 127. The molecule has 0 radical (unpaired) electrons. The van der Waals surface area contributed by atoms with Crippen LogP contribution in [0.4, 0.5) is 0 Å². The lowest BCUT2D eigenvalue weighted by Gasteiger charge is -2.30. The Morgan fingerprint density at radius 1 is 1.47 bits per heavy atom. The summed E-state index contributed by atoms with van der Waals surface area (Å²) in [5.74, 6) is -0.0818. The fourth-order valence-electron chi connectivity index (χ4n) is 2.13. The SMILES string of the molecule is NC(=O)C1CCN(Cc2ccc(I)nc2)CC1. The van der Waals surface area contributed by atoms with Crippen molar-refractivity contribution in [3.05, 3.63) is 27.6 Å². The third-order valence-electron chi connectivity index (χ3n) is 3.18. The Bertz CT molecular complexity index is 385. The summed E-state index contributed by atoms with van der Waals surface area (Å²) in [6.07, 6.45) is 3.68. The maximum atomic E-state index is 11.0. The second-order valence-corrected chi connectivity index (χ2v) is 5.55. The highest BCUT2D eigenvalue weighted by Gasteiger charge is 2.22. The summed E-state index contributed by atoms with van der Waals surface area (Å²) in [5, 5.41) is 0. The average Bonchev–Trinajstić information content (AvgIpc) is 2.33. The molecule has 1 amide bonds. The molecule has 2 rings (SSSR count). The van der Waals surface area contributed by atoms with Crippen molar-refractivity contribution in [2.24, 2.45) is 11.7 Å². The van der Waals surface area contributed by atoms with Gasteiger partial charge in [0, 0.05) is 18.7 Å². The highest BCUT2D eigenvalue weighted by molar-refractivity contribution is 14.1. The van der Waals surface area contributed by atoms with E-state index in [0.717, 1.165) is 36.2 Å². The maximum Gasteiger partial charge on any atom is 0.220 e. The third kappa shape index (κ3) is 3.64. The van der Waals surface area contributed by atoms with Crippen LogP contribution >= 0.6 is 22.6 Å². The summed E-state index contributed by atoms with van der Waals surface area (Å²) < 4.78 is 1.01. The molecule has 1 aromatic heterocycles. The second-order valence-electron chi connectivity index (χ2n) is 4.44. The zero-order valence-electron chi connectivity index (χ0n) is 9.60. The van der Waals surface area contributed by atoms with Crippen molar-refractivity contribution in [2.75, 3.05) is 13.1 Å². The van der Waals surface area contributed by atoms with Gasteiger partial charge in [-0.2, -0.15) is 0 Å². The molecule has 92 valence electrons.